The van der Waals surface area contributed by atoms with E-state index in [-0.39, 0.29) is 30.2 Å². The van der Waals surface area contributed by atoms with Crippen molar-refractivity contribution in [3.8, 4) is 0 Å². The van der Waals surface area contributed by atoms with Gasteiger partial charge in [-0.2, -0.15) is 0 Å². The van der Waals surface area contributed by atoms with Crippen LogP contribution in [0, 0.1) is 0 Å². The lowest BCUT2D eigenvalue weighted by atomic mass is 10.1. The van der Waals surface area contributed by atoms with Crippen molar-refractivity contribution in [2.45, 2.75) is 26.3 Å². The number of benzene rings is 1. The van der Waals surface area contributed by atoms with E-state index in [1.165, 1.54) is 16.2 Å². The van der Waals surface area contributed by atoms with Crippen LogP contribution in [-0.4, -0.2) is 49.5 Å². The van der Waals surface area contributed by atoms with Crippen LogP contribution in [0.15, 0.2) is 24.4 Å². The molecule has 2 amide bonds. The Bertz CT molecular complexity index is 926. The summed E-state index contributed by atoms with van der Waals surface area (Å²) in [5.41, 5.74) is 1.90. The zero-order valence-corrected chi connectivity index (χ0v) is 17.0. The second-order valence-electron chi connectivity index (χ2n) is 6.46. The second-order valence-corrected chi connectivity index (χ2v) is 7.56. The largest absolute Gasteiger partial charge is 0.466 e. The number of nitrogens with one attached hydrogen (secondary N) is 1. The van der Waals surface area contributed by atoms with Crippen molar-refractivity contribution in [3.05, 3.63) is 34.8 Å². The van der Waals surface area contributed by atoms with Crippen LogP contribution in [0.3, 0.4) is 0 Å². The Kier molecular flexibility index (Phi) is 5.64. The third kappa shape index (κ3) is 3.84. The molecule has 1 aliphatic heterocycles. The van der Waals surface area contributed by atoms with Gasteiger partial charge in [-0.05, 0) is 32.0 Å². The zero-order chi connectivity index (χ0) is 20.4. The van der Waals surface area contributed by atoms with Crippen LogP contribution < -0.4 is 15.1 Å². The molecule has 2 aromatic rings. The van der Waals surface area contributed by atoms with Gasteiger partial charge in [0.15, 0.2) is 5.13 Å². The lowest BCUT2D eigenvalue weighted by Gasteiger charge is -2.33. The number of rotatable bonds is 5. The number of likely N-dealkylation sites (N-methyl/N-ethyl adjacent to an activating group) is 1. The highest BCUT2D eigenvalue weighted by Gasteiger charge is 2.28. The molecule has 0 radical (unpaired) electrons. The van der Waals surface area contributed by atoms with Gasteiger partial charge in [0.25, 0.3) is 5.91 Å². The van der Waals surface area contributed by atoms with Crippen LogP contribution in [0.25, 0.3) is 0 Å². The molecular formula is C19H22N4O4S. The number of carbonyl (C=O) groups excluding carboxylic acids is 3. The summed E-state index contributed by atoms with van der Waals surface area (Å²) >= 11 is 1.26. The van der Waals surface area contributed by atoms with Crippen LogP contribution in [0.1, 0.15) is 29.1 Å². The van der Waals surface area contributed by atoms with Gasteiger partial charge in [-0.15, -0.1) is 11.3 Å². The number of nitrogens with zero attached hydrogens (tertiary/aromatic N) is 3. The molecule has 0 aliphatic carbocycles. The average Bonchev–Trinajstić information content (AvgIpc) is 3.13. The maximum Gasteiger partial charge on any atom is 0.311 e. The van der Waals surface area contributed by atoms with Crippen LogP contribution >= 0.6 is 11.3 Å². The fourth-order valence-electron chi connectivity index (χ4n) is 2.87. The average molecular weight is 402 g/mol. The van der Waals surface area contributed by atoms with Gasteiger partial charge in [-0.25, -0.2) is 4.98 Å². The minimum atomic E-state index is -0.324. The molecule has 9 heteroatoms. The molecule has 0 fully saturated rings. The third-order valence-corrected chi connectivity index (χ3v) is 5.67. The summed E-state index contributed by atoms with van der Waals surface area (Å²) in [6.45, 7) is 3.90. The molecule has 0 bridgehead atoms. The molecule has 0 saturated carbocycles. The summed E-state index contributed by atoms with van der Waals surface area (Å²) < 4.78 is 4.93. The zero-order valence-electron chi connectivity index (χ0n) is 16.2. The number of esters is 1. The van der Waals surface area contributed by atoms with Crippen molar-refractivity contribution in [2.24, 2.45) is 0 Å². The van der Waals surface area contributed by atoms with E-state index in [1.807, 2.05) is 24.9 Å². The number of carbonyl (C=O) groups is 3. The Morgan fingerprint density at radius 3 is 2.86 bits per heavy atom. The van der Waals surface area contributed by atoms with Crippen molar-refractivity contribution < 1.29 is 19.1 Å². The first-order valence-corrected chi connectivity index (χ1v) is 9.69. The molecule has 1 aromatic carbocycles. The van der Waals surface area contributed by atoms with E-state index < -0.39 is 0 Å². The maximum atomic E-state index is 12.9. The van der Waals surface area contributed by atoms with E-state index in [1.54, 1.807) is 32.3 Å². The normalized spacial score (nSPS) is 15.6. The van der Waals surface area contributed by atoms with Crippen LogP contribution in [-0.2, 0) is 20.7 Å². The summed E-state index contributed by atoms with van der Waals surface area (Å²) in [7, 11) is 3.47. The molecule has 148 valence electrons. The Balaban J connectivity index is 1.77. The van der Waals surface area contributed by atoms with E-state index in [9.17, 15) is 14.4 Å². The van der Waals surface area contributed by atoms with Crippen LogP contribution in [0.2, 0.25) is 0 Å². The first kappa shape index (κ1) is 19.8. The van der Waals surface area contributed by atoms with E-state index in [0.717, 1.165) is 10.6 Å². The Morgan fingerprint density at radius 1 is 1.39 bits per heavy atom. The highest BCUT2D eigenvalue weighted by Crippen LogP contribution is 2.32. The minimum Gasteiger partial charge on any atom is -0.466 e. The van der Waals surface area contributed by atoms with Crippen molar-refractivity contribution in [1.82, 2.24) is 4.98 Å². The molecule has 8 nitrogen and oxygen atoms in total. The van der Waals surface area contributed by atoms with Gasteiger partial charge < -0.3 is 15.0 Å². The predicted molar refractivity (Wildman–Crippen MR) is 108 cm³/mol. The Morgan fingerprint density at radius 2 is 2.14 bits per heavy atom. The van der Waals surface area contributed by atoms with Gasteiger partial charge in [0, 0.05) is 30.7 Å². The number of hydrogen-bond donors (Lipinski definition) is 1. The molecule has 0 saturated heterocycles. The summed E-state index contributed by atoms with van der Waals surface area (Å²) in [5, 5.41) is 3.32. The fraction of sp³-hybridized carbons (Fsp3) is 0.368. The smallest absolute Gasteiger partial charge is 0.311 e. The third-order valence-electron chi connectivity index (χ3n) is 4.60. The lowest BCUT2D eigenvalue weighted by Crippen LogP contribution is -2.44. The molecule has 2 heterocycles. The number of ether oxygens (including phenoxy) is 1. The Labute approximate surface area is 167 Å². The number of aromatic nitrogens is 1. The van der Waals surface area contributed by atoms with Crippen molar-refractivity contribution >= 4 is 45.6 Å². The van der Waals surface area contributed by atoms with Gasteiger partial charge in [-0.1, -0.05) is 0 Å². The number of thiazole rings is 1. The topological polar surface area (TPSA) is 91.8 Å². The Hall–Kier alpha value is -2.94. The summed E-state index contributed by atoms with van der Waals surface area (Å²) in [5.74, 6) is -0.692. The first-order valence-electron chi connectivity index (χ1n) is 8.88. The van der Waals surface area contributed by atoms with Crippen molar-refractivity contribution in [2.75, 3.05) is 35.8 Å². The number of amides is 2. The lowest BCUT2D eigenvalue weighted by molar-refractivity contribution is -0.142. The number of fused-ring (bicyclic) bond motifs is 1. The second kappa shape index (κ2) is 7.97. The quantitative estimate of drug-likeness (QED) is 0.772. The first-order chi connectivity index (χ1) is 13.3. The summed E-state index contributed by atoms with van der Waals surface area (Å²) in [6, 6.07) is 4.94. The fourth-order valence-corrected chi connectivity index (χ4v) is 3.72. The molecule has 28 heavy (non-hydrogen) atoms. The monoisotopic (exact) mass is 402 g/mol. The molecule has 3 rings (SSSR count). The minimum absolute atomic E-state index is 0.114. The van der Waals surface area contributed by atoms with Gasteiger partial charge in [-0.3, -0.25) is 19.3 Å². The molecule has 1 atom stereocenters. The van der Waals surface area contributed by atoms with E-state index >= 15 is 0 Å². The predicted octanol–water partition coefficient (Wildman–Crippen LogP) is 2.30. The maximum absolute atomic E-state index is 12.9. The summed E-state index contributed by atoms with van der Waals surface area (Å²) in [6.07, 6.45) is 1.70. The van der Waals surface area contributed by atoms with Crippen LogP contribution in [0.5, 0.6) is 0 Å². The molecule has 1 aromatic heterocycles. The van der Waals surface area contributed by atoms with Gasteiger partial charge >= 0.3 is 5.97 Å². The molecule has 1 N–H and O–H groups in total. The van der Waals surface area contributed by atoms with E-state index in [4.69, 9.17) is 4.74 Å². The standard InChI is InChI=1S/C19H22N4O4S/c1-5-27-16(24)9-13-10-20-19(28-13)23(4)18(26)12-6-7-15-14(8-12)21-17(25)11(2)22(15)3/h6-8,10-11H,5,9H2,1-4H3,(H,21,25). The van der Waals surface area contributed by atoms with Gasteiger partial charge in [0.1, 0.15) is 6.04 Å². The van der Waals surface area contributed by atoms with E-state index in [0.29, 0.717) is 23.0 Å². The van der Waals surface area contributed by atoms with Crippen molar-refractivity contribution in [1.29, 1.82) is 0 Å². The number of hydrogen-bond acceptors (Lipinski definition) is 7. The molecular weight excluding hydrogens is 380 g/mol. The van der Waals surface area contributed by atoms with Crippen LogP contribution in [0.4, 0.5) is 16.5 Å². The molecule has 1 aliphatic rings. The SMILES string of the molecule is CCOC(=O)Cc1cnc(N(C)C(=O)c2ccc3c(c2)NC(=O)C(C)N3C)s1. The summed E-state index contributed by atoms with van der Waals surface area (Å²) in [4.78, 5) is 44.8. The highest BCUT2D eigenvalue weighted by molar-refractivity contribution is 7.15. The number of anilines is 3. The molecule has 0 spiro atoms. The van der Waals surface area contributed by atoms with E-state index in [2.05, 4.69) is 10.3 Å². The van der Waals surface area contributed by atoms with Gasteiger partial charge in [0.05, 0.1) is 24.4 Å². The van der Waals surface area contributed by atoms with Crippen molar-refractivity contribution in [3.63, 3.8) is 0 Å². The molecule has 1 unspecified atom stereocenters. The highest BCUT2D eigenvalue weighted by atomic mass is 32.1. The van der Waals surface area contributed by atoms with Gasteiger partial charge in [0.2, 0.25) is 5.91 Å².